The van der Waals surface area contributed by atoms with Gasteiger partial charge in [0.25, 0.3) is 5.91 Å². The topological polar surface area (TPSA) is 91.7 Å². The number of hydrogen-bond donors (Lipinski definition) is 1. The molecule has 1 aliphatic heterocycles. The molecule has 7 nitrogen and oxygen atoms in total. The number of nitrogens with zero attached hydrogens (tertiary/aromatic N) is 3. The van der Waals surface area contributed by atoms with Crippen molar-refractivity contribution >= 4 is 11.6 Å². The van der Waals surface area contributed by atoms with Gasteiger partial charge in [-0.1, -0.05) is 13.0 Å². The van der Waals surface area contributed by atoms with Crippen LogP contribution in [-0.4, -0.2) is 39.4 Å². The highest BCUT2D eigenvalue weighted by Crippen LogP contribution is 2.59. The number of carbonyl (C=O) groups is 1. The first-order valence-electron chi connectivity index (χ1n) is 9.81. The summed E-state index contributed by atoms with van der Waals surface area (Å²) in [5, 5.41) is 4.09. The molecule has 1 fully saturated rings. The van der Waals surface area contributed by atoms with Crippen molar-refractivity contribution in [3.05, 3.63) is 59.0 Å². The minimum atomic E-state index is -4.79. The number of amides is 1. The quantitative estimate of drug-likeness (QED) is 0.584. The molecule has 0 aliphatic carbocycles. The number of nitrogens with two attached hydrogens (primary N) is 1. The Bertz CT molecular complexity index is 1240. The fourth-order valence-electron chi connectivity index (χ4n) is 4.37. The van der Waals surface area contributed by atoms with Crippen molar-refractivity contribution in [1.29, 1.82) is 0 Å². The largest absolute Gasteiger partial charge is 0.493 e. The van der Waals surface area contributed by atoms with E-state index in [9.17, 15) is 26.7 Å². The van der Waals surface area contributed by atoms with Gasteiger partial charge in [-0.3, -0.25) is 4.79 Å². The number of hydrogen-bond acceptors (Lipinski definition) is 5. The summed E-state index contributed by atoms with van der Waals surface area (Å²) in [7, 11) is 1.09. The summed E-state index contributed by atoms with van der Waals surface area (Å²) in [5.74, 6) is -6.26. The molecule has 3 heterocycles. The molecule has 4 atom stereocenters. The number of aromatic nitrogens is 3. The first-order valence-corrected chi connectivity index (χ1v) is 9.81. The zero-order valence-corrected chi connectivity index (χ0v) is 17.7. The third-order valence-corrected chi connectivity index (χ3v) is 6.30. The molecular weight excluding hydrogens is 451 g/mol. The molecule has 0 unspecified atom stereocenters. The fraction of sp³-hybridized carbons (Fsp3) is 0.381. The molecule has 0 saturated carbocycles. The van der Waals surface area contributed by atoms with E-state index in [0.29, 0.717) is 0 Å². The van der Waals surface area contributed by atoms with Gasteiger partial charge in [0.2, 0.25) is 5.82 Å². The average molecular weight is 470 g/mol. The minimum absolute atomic E-state index is 0.00263. The first-order chi connectivity index (χ1) is 15.4. The van der Waals surface area contributed by atoms with E-state index in [1.54, 1.807) is 0 Å². The second-order valence-corrected chi connectivity index (χ2v) is 7.97. The number of primary amides is 1. The van der Waals surface area contributed by atoms with Crippen molar-refractivity contribution in [2.45, 2.75) is 37.6 Å². The number of alkyl halides is 3. The second-order valence-electron chi connectivity index (χ2n) is 7.97. The lowest BCUT2D eigenvalue weighted by atomic mass is 9.76. The highest BCUT2D eigenvalue weighted by molar-refractivity contribution is 5.98. The lowest BCUT2D eigenvalue weighted by molar-refractivity contribution is -0.275. The lowest BCUT2D eigenvalue weighted by Gasteiger charge is -2.32. The molecule has 1 saturated heterocycles. The van der Waals surface area contributed by atoms with E-state index in [-0.39, 0.29) is 22.5 Å². The van der Waals surface area contributed by atoms with Crippen LogP contribution in [0, 0.1) is 17.6 Å². The summed E-state index contributed by atoms with van der Waals surface area (Å²) in [6.45, 7) is 2.20. The maximum Gasteiger partial charge on any atom is 0.417 e. The fourth-order valence-corrected chi connectivity index (χ4v) is 4.37. The van der Waals surface area contributed by atoms with Crippen LogP contribution < -0.4 is 10.5 Å². The van der Waals surface area contributed by atoms with E-state index < -0.39 is 53.0 Å². The van der Waals surface area contributed by atoms with Crippen LogP contribution in [0.25, 0.3) is 5.65 Å². The third kappa shape index (κ3) is 3.31. The van der Waals surface area contributed by atoms with Gasteiger partial charge in [-0.25, -0.2) is 13.9 Å². The average Bonchev–Trinajstić information content (AvgIpc) is 3.29. The molecule has 4 rings (SSSR count). The Balaban J connectivity index is 1.97. The summed E-state index contributed by atoms with van der Waals surface area (Å²) in [5.41, 5.74) is 2.80. The van der Waals surface area contributed by atoms with Crippen molar-refractivity contribution in [1.82, 2.24) is 14.6 Å². The molecule has 3 aromatic rings. The van der Waals surface area contributed by atoms with E-state index in [1.165, 1.54) is 31.5 Å². The predicted octanol–water partition coefficient (Wildman–Crippen LogP) is 3.93. The zero-order valence-electron chi connectivity index (χ0n) is 17.7. The number of rotatable bonds is 4. The maximum absolute atomic E-state index is 14.5. The van der Waals surface area contributed by atoms with Gasteiger partial charge in [-0.05, 0) is 19.1 Å². The molecule has 1 aromatic carbocycles. The van der Waals surface area contributed by atoms with Gasteiger partial charge in [-0.15, -0.1) is 0 Å². The Morgan fingerprint density at radius 3 is 2.58 bits per heavy atom. The van der Waals surface area contributed by atoms with E-state index in [0.717, 1.165) is 24.6 Å². The van der Waals surface area contributed by atoms with Crippen LogP contribution in [-0.2, 0) is 4.74 Å². The number of imidazole rings is 1. The van der Waals surface area contributed by atoms with Gasteiger partial charge in [0.1, 0.15) is 6.10 Å². The highest BCUT2D eigenvalue weighted by atomic mass is 19.4. The lowest BCUT2D eigenvalue weighted by Crippen LogP contribution is -2.46. The number of fused-ring (bicyclic) bond motifs is 1. The van der Waals surface area contributed by atoms with Crippen LogP contribution >= 0.6 is 0 Å². The second kappa shape index (κ2) is 7.65. The molecule has 176 valence electrons. The Morgan fingerprint density at radius 1 is 1.27 bits per heavy atom. The van der Waals surface area contributed by atoms with Crippen molar-refractivity contribution in [3.8, 4) is 5.75 Å². The van der Waals surface area contributed by atoms with E-state index in [1.807, 2.05) is 0 Å². The predicted molar refractivity (Wildman–Crippen MR) is 105 cm³/mol. The van der Waals surface area contributed by atoms with Gasteiger partial charge < -0.3 is 15.2 Å². The van der Waals surface area contributed by atoms with Crippen molar-refractivity contribution in [3.63, 3.8) is 0 Å². The van der Waals surface area contributed by atoms with Crippen LogP contribution in [0.1, 0.15) is 47.5 Å². The Hall–Kier alpha value is -3.28. The summed E-state index contributed by atoms with van der Waals surface area (Å²) in [4.78, 5) is 15.8. The van der Waals surface area contributed by atoms with E-state index in [4.69, 9.17) is 15.2 Å². The first kappa shape index (κ1) is 22.9. The number of methoxy groups -OCH3 is 1. The number of benzene rings is 1. The number of carbonyl (C=O) groups excluding carboxylic acids is 1. The Labute approximate surface area is 184 Å². The van der Waals surface area contributed by atoms with E-state index in [2.05, 4.69) is 10.1 Å². The minimum Gasteiger partial charge on any atom is -0.493 e. The zero-order chi connectivity index (χ0) is 24.3. The molecule has 0 radical (unpaired) electrons. The molecule has 1 amide bonds. The van der Waals surface area contributed by atoms with Crippen molar-refractivity contribution < 1.29 is 36.2 Å². The smallest absolute Gasteiger partial charge is 0.417 e. The maximum atomic E-state index is 14.5. The van der Waals surface area contributed by atoms with Crippen LogP contribution in [0.2, 0.25) is 0 Å². The summed E-state index contributed by atoms with van der Waals surface area (Å²) < 4.78 is 82.5. The standard InChI is InChI=1S/C21H19F5N4O3/c1-9-14(10-4-5-12(22)15(23)16(10)32-3)17(33-20(9,2)21(24,25)26)13-8-28-19-11(18(27)31)6-7-29-30(13)19/h4-9,14,17H,1-3H3,(H2,27,31)/t9-,14-,17-,20+/m0/s1. The Morgan fingerprint density at radius 2 is 1.97 bits per heavy atom. The summed E-state index contributed by atoms with van der Waals surface area (Å²) >= 11 is 0. The monoisotopic (exact) mass is 470 g/mol. The number of halogens is 5. The summed E-state index contributed by atoms with van der Waals surface area (Å²) in [6.07, 6.45) is -3.69. The van der Waals surface area contributed by atoms with Gasteiger partial charge in [0.05, 0.1) is 24.6 Å². The number of ether oxygens (including phenoxy) is 2. The van der Waals surface area contributed by atoms with Crippen LogP contribution in [0.5, 0.6) is 5.75 Å². The molecule has 0 bridgehead atoms. The molecule has 1 aliphatic rings. The third-order valence-electron chi connectivity index (χ3n) is 6.30. The van der Waals surface area contributed by atoms with Crippen LogP contribution in [0.3, 0.4) is 0 Å². The van der Waals surface area contributed by atoms with Gasteiger partial charge in [0, 0.05) is 23.6 Å². The van der Waals surface area contributed by atoms with Crippen LogP contribution in [0.4, 0.5) is 22.0 Å². The molecule has 0 spiro atoms. The molecule has 2 aromatic heterocycles. The normalized spacial score (nSPS) is 25.5. The van der Waals surface area contributed by atoms with Gasteiger partial charge in [-0.2, -0.15) is 22.7 Å². The SMILES string of the molecule is COc1c([C@H]2[C@H](c3cnc4c(C(N)=O)ccnn34)O[C@@](C)(C(F)(F)F)[C@H]2C)ccc(F)c1F. The van der Waals surface area contributed by atoms with Gasteiger partial charge in [0.15, 0.2) is 22.8 Å². The Kier molecular flexibility index (Phi) is 5.31. The van der Waals surface area contributed by atoms with Crippen LogP contribution in [0.15, 0.2) is 30.6 Å². The van der Waals surface area contributed by atoms with Crippen molar-refractivity contribution in [2.24, 2.45) is 11.7 Å². The van der Waals surface area contributed by atoms with Crippen molar-refractivity contribution in [2.75, 3.05) is 7.11 Å². The molecule has 2 N–H and O–H groups in total. The van der Waals surface area contributed by atoms with Gasteiger partial charge >= 0.3 is 6.18 Å². The summed E-state index contributed by atoms with van der Waals surface area (Å²) in [6, 6.07) is 3.31. The van der Waals surface area contributed by atoms with E-state index >= 15 is 0 Å². The highest BCUT2D eigenvalue weighted by Gasteiger charge is 2.65. The molecule has 33 heavy (non-hydrogen) atoms. The molecule has 12 heteroatoms. The molecular formula is C21H19F5N4O3.